The number of hydrogen-bond donors (Lipinski definition) is 1. The molecule has 0 radical (unpaired) electrons. The third-order valence-corrected chi connectivity index (χ3v) is 8.01. The molecule has 4 rings (SSSR count). The number of nitrogens with zero attached hydrogens (tertiary/aromatic N) is 3. The van der Waals surface area contributed by atoms with E-state index in [-0.39, 0.29) is 5.91 Å². The van der Waals surface area contributed by atoms with Crippen LogP contribution in [0.15, 0.2) is 65.7 Å². The van der Waals surface area contributed by atoms with Crippen LogP contribution in [0.25, 0.3) is 0 Å². The van der Waals surface area contributed by atoms with Gasteiger partial charge in [0, 0.05) is 32.2 Å². The molecule has 10 heteroatoms. The summed E-state index contributed by atoms with van der Waals surface area (Å²) in [5.74, 6) is 1.41. The largest absolute Gasteiger partial charge is 0.497 e. The molecule has 190 valence electrons. The first-order valence-corrected chi connectivity index (χ1v) is 13.1. The first-order valence-electron chi connectivity index (χ1n) is 11.6. The first kappa shape index (κ1) is 25.5. The lowest BCUT2D eigenvalue weighted by Gasteiger charge is -2.23. The van der Waals surface area contributed by atoms with Crippen molar-refractivity contribution in [3.63, 3.8) is 0 Å². The molecule has 0 atom stereocenters. The summed E-state index contributed by atoms with van der Waals surface area (Å²) in [7, 11) is -0.499. The van der Waals surface area contributed by atoms with Gasteiger partial charge in [-0.15, -0.1) is 0 Å². The number of anilines is 2. The van der Waals surface area contributed by atoms with Gasteiger partial charge in [-0.05, 0) is 49.7 Å². The van der Waals surface area contributed by atoms with Crippen molar-refractivity contribution in [1.82, 2.24) is 9.29 Å². The minimum Gasteiger partial charge on any atom is -0.497 e. The molecule has 1 aliphatic heterocycles. The van der Waals surface area contributed by atoms with Crippen LogP contribution in [0.3, 0.4) is 0 Å². The van der Waals surface area contributed by atoms with E-state index in [1.807, 2.05) is 25.1 Å². The highest BCUT2D eigenvalue weighted by molar-refractivity contribution is 7.89. The van der Waals surface area contributed by atoms with E-state index in [1.165, 1.54) is 11.4 Å². The summed E-state index contributed by atoms with van der Waals surface area (Å²) in [6, 6.07) is 15.5. The molecule has 1 fully saturated rings. The van der Waals surface area contributed by atoms with Gasteiger partial charge >= 0.3 is 0 Å². The Hall–Kier alpha value is -3.63. The highest BCUT2D eigenvalue weighted by Gasteiger charge is 2.27. The van der Waals surface area contributed by atoms with E-state index in [0.29, 0.717) is 60.2 Å². The Morgan fingerprint density at radius 2 is 1.72 bits per heavy atom. The zero-order valence-corrected chi connectivity index (χ0v) is 21.4. The number of aryl methyl sites for hydroxylation is 1. The monoisotopic (exact) mass is 510 g/mol. The first-order chi connectivity index (χ1) is 17.3. The molecule has 2 aromatic carbocycles. The maximum absolute atomic E-state index is 13.1. The Kier molecular flexibility index (Phi) is 7.76. The van der Waals surface area contributed by atoms with Gasteiger partial charge in [0.15, 0.2) is 0 Å². The normalized spacial score (nSPS) is 14.7. The zero-order chi connectivity index (χ0) is 25.7. The van der Waals surface area contributed by atoms with Gasteiger partial charge in [-0.2, -0.15) is 4.31 Å². The molecule has 1 aromatic heterocycles. The number of aromatic nitrogens is 1. The molecular formula is C26H30N4O5S. The van der Waals surface area contributed by atoms with Crippen LogP contribution in [-0.4, -0.2) is 64.0 Å². The van der Waals surface area contributed by atoms with Crippen molar-refractivity contribution in [3.05, 3.63) is 71.9 Å². The molecule has 1 aliphatic rings. The van der Waals surface area contributed by atoms with Crippen LogP contribution in [0, 0.1) is 6.92 Å². The summed E-state index contributed by atoms with van der Waals surface area (Å²) in [5.41, 5.74) is 1.94. The van der Waals surface area contributed by atoms with Crippen LogP contribution in [0.4, 0.5) is 11.5 Å². The molecule has 1 N–H and O–H groups in total. The van der Waals surface area contributed by atoms with Gasteiger partial charge in [-0.3, -0.25) is 4.79 Å². The predicted molar refractivity (Wildman–Crippen MR) is 139 cm³/mol. The number of rotatable bonds is 7. The van der Waals surface area contributed by atoms with E-state index in [2.05, 4.69) is 15.2 Å². The average Bonchev–Trinajstić information content (AvgIpc) is 3.16. The van der Waals surface area contributed by atoms with Gasteiger partial charge < -0.3 is 19.7 Å². The standard InChI is InChI=1S/C26H30N4O5S/c1-19-5-9-22(10-6-19)36(32,33)30-14-4-13-29(15-16-30)25-12-7-20(18-27-25)28-26(31)23-11-8-21(34-2)17-24(23)35-3/h5-12,17-18H,4,13-16H2,1-3H3,(H,28,31). The number of amides is 1. The smallest absolute Gasteiger partial charge is 0.259 e. The SMILES string of the molecule is COc1ccc(C(=O)Nc2ccc(N3CCCN(S(=O)(=O)c4ccc(C)cc4)CC3)nc2)c(OC)c1. The fraction of sp³-hybridized carbons (Fsp3) is 0.308. The minimum atomic E-state index is -3.54. The van der Waals surface area contributed by atoms with E-state index >= 15 is 0 Å². The molecule has 0 spiro atoms. The molecule has 0 bridgehead atoms. The van der Waals surface area contributed by atoms with Gasteiger partial charge in [-0.25, -0.2) is 13.4 Å². The maximum Gasteiger partial charge on any atom is 0.259 e. The van der Waals surface area contributed by atoms with Crippen LogP contribution < -0.4 is 19.7 Å². The van der Waals surface area contributed by atoms with Crippen molar-refractivity contribution in [3.8, 4) is 11.5 Å². The second-order valence-electron chi connectivity index (χ2n) is 8.48. The summed E-state index contributed by atoms with van der Waals surface area (Å²) >= 11 is 0. The molecular weight excluding hydrogens is 480 g/mol. The number of hydrogen-bond acceptors (Lipinski definition) is 7. The quantitative estimate of drug-likeness (QED) is 0.519. The molecule has 3 aromatic rings. The molecule has 0 saturated carbocycles. The molecule has 2 heterocycles. The number of benzene rings is 2. The number of ether oxygens (including phenoxy) is 2. The third-order valence-electron chi connectivity index (χ3n) is 6.10. The minimum absolute atomic E-state index is 0.313. The zero-order valence-electron chi connectivity index (χ0n) is 20.6. The summed E-state index contributed by atoms with van der Waals surface area (Å²) in [6.45, 7) is 3.95. The van der Waals surface area contributed by atoms with Gasteiger partial charge in [0.2, 0.25) is 10.0 Å². The summed E-state index contributed by atoms with van der Waals surface area (Å²) in [4.78, 5) is 19.6. The topological polar surface area (TPSA) is 101 Å². The second-order valence-corrected chi connectivity index (χ2v) is 10.4. The van der Waals surface area contributed by atoms with E-state index in [9.17, 15) is 13.2 Å². The number of pyridine rings is 1. The van der Waals surface area contributed by atoms with Crippen LogP contribution in [0.1, 0.15) is 22.3 Å². The highest BCUT2D eigenvalue weighted by atomic mass is 32.2. The highest BCUT2D eigenvalue weighted by Crippen LogP contribution is 2.26. The molecule has 0 unspecified atom stereocenters. The van der Waals surface area contributed by atoms with Crippen molar-refractivity contribution >= 4 is 27.4 Å². The molecule has 0 aliphatic carbocycles. The van der Waals surface area contributed by atoms with Crippen molar-refractivity contribution in [1.29, 1.82) is 0 Å². The number of sulfonamides is 1. The second kappa shape index (κ2) is 11.0. The number of nitrogens with one attached hydrogen (secondary N) is 1. The Morgan fingerprint density at radius 1 is 0.944 bits per heavy atom. The van der Waals surface area contributed by atoms with Gasteiger partial charge in [0.05, 0.1) is 36.6 Å². The Labute approximate surface area is 211 Å². The van der Waals surface area contributed by atoms with E-state index < -0.39 is 10.0 Å². The van der Waals surface area contributed by atoms with Gasteiger partial charge in [0.25, 0.3) is 5.91 Å². The number of methoxy groups -OCH3 is 2. The lowest BCUT2D eigenvalue weighted by Crippen LogP contribution is -2.35. The van der Waals surface area contributed by atoms with Crippen molar-refractivity contribution in [2.45, 2.75) is 18.2 Å². The maximum atomic E-state index is 13.1. The van der Waals surface area contributed by atoms with Crippen LogP contribution >= 0.6 is 0 Å². The summed E-state index contributed by atoms with van der Waals surface area (Å²) < 4.78 is 38.2. The Bertz CT molecular complexity index is 1310. The van der Waals surface area contributed by atoms with Crippen molar-refractivity contribution in [2.24, 2.45) is 0 Å². The lowest BCUT2D eigenvalue weighted by atomic mass is 10.1. The van der Waals surface area contributed by atoms with Crippen LogP contribution in [-0.2, 0) is 10.0 Å². The van der Waals surface area contributed by atoms with Crippen LogP contribution in [0.5, 0.6) is 11.5 Å². The number of carbonyl (C=O) groups excluding carboxylic acids is 1. The molecule has 36 heavy (non-hydrogen) atoms. The van der Waals surface area contributed by atoms with Crippen LogP contribution in [0.2, 0.25) is 0 Å². The summed E-state index contributed by atoms with van der Waals surface area (Å²) in [5, 5.41) is 2.83. The third kappa shape index (κ3) is 5.60. The van der Waals surface area contributed by atoms with Crippen molar-refractivity contribution < 1.29 is 22.7 Å². The van der Waals surface area contributed by atoms with E-state index in [4.69, 9.17) is 9.47 Å². The Morgan fingerprint density at radius 3 is 2.39 bits per heavy atom. The number of carbonyl (C=O) groups is 1. The van der Waals surface area contributed by atoms with Gasteiger partial charge in [-0.1, -0.05) is 17.7 Å². The van der Waals surface area contributed by atoms with E-state index in [0.717, 1.165) is 11.4 Å². The lowest BCUT2D eigenvalue weighted by molar-refractivity contribution is 0.102. The fourth-order valence-electron chi connectivity index (χ4n) is 4.05. The predicted octanol–water partition coefficient (Wildman–Crippen LogP) is 3.56. The van der Waals surface area contributed by atoms with Gasteiger partial charge in [0.1, 0.15) is 17.3 Å². The molecule has 1 amide bonds. The Balaban J connectivity index is 1.40. The average molecular weight is 511 g/mol. The molecule has 9 nitrogen and oxygen atoms in total. The summed E-state index contributed by atoms with van der Waals surface area (Å²) in [6.07, 6.45) is 2.28. The fourth-order valence-corrected chi connectivity index (χ4v) is 5.52. The molecule has 1 saturated heterocycles. The van der Waals surface area contributed by atoms with Crippen molar-refractivity contribution in [2.75, 3.05) is 50.6 Å². The van der Waals surface area contributed by atoms with E-state index in [1.54, 1.807) is 49.7 Å².